The topological polar surface area (TPSA) is 68.2 Å². The zero-order valence-corrected chi connectivity index (χ0v) is 13.3. The van der Waals surface area contributed by atoms with Gasteiger partial charge in [0.2, 0.25) is 0 Å². The summed E-state index contributed by atoms with van der Waals surface area (Å²) >= 11 is 0. The van der Waals surface area contributed by atoms with Crippen LogP contribution >= 0.6 is 0 Å². The van der Waals surface area contributed by atoms with Crippen molar-refractivity contribution in [1.29, 1.82) is 0 Å². The number of anilines is 1. The lowest BCUT2D eigenvalue weighted by Gasteiger charge is -2.27. The van der Waals surface area contributed by atoms with Gasteiger partial charge in [-0.15, -0.1) is 5.10 Å². The summed E-state index contributed by atoms with van der Waals surface area (Å²) in [5.41, 5.74) is 8.24. The van der Waals surface area contributed by atoms with Gasteiger partial charge in [-0.25, -0.2) is 13.9 Å². The highest BCUT2D eigenvalue weighted by molar-refractivity contribution is 5.63. The van der Waals surface area contributed by atoms with Gasteiger partial charge in [-0.2, -0.15) is 0 Å². The first kappa shape index (κ1) is 15.1. The van der Waals surface area contributed by atoms with Crippen molar-refractivity contribution in [2.75, 3.05) is 5.32 Å². The molecule has 124 valence electrons. The molecule has 0 aliphatic heterocycles. The van der Waals surface area contributed by atoms with Crippen LogP contribution in [0, 0.1) is 5.82 Å². The summed E-state index contributed by atoms with van der Waals surface area (Å²) in [7, 11) is 0. The zero-order chi connectivity index (χ0) is 16.5. The van der Waals surface area contributed by atoms with E-state index in [0.29, 0.717) is 12.1 Å². The van der Waals surface area contributed by atoms with E-state index in [9.17, 15) is 4.39 Å². The molecular formula is C18H20FN5. The van der Waals surface area contributed by atoms with Crippen LogP contribution in [0.1, 0.15) is 25.7 Å². The molecule has 0 spiro atoms. The molecule has 1 saturated carbocycles. The highest BCUT2D eigenvalue weighted by Crippen LogP contribution is 2.23. The van der Waals surface area contributed by atoms with Crippen molar-refractivity contribution in [3.8, 4) is 11.3 Å². The van der Waals surface area contributed by atoms with Crippen molar-refractivity contribution in [2.24, 2.45) is 5.73 Å². The number of benzene rings is 1. The Balaban J connectivity index is 1.63. The molecule has 24 heavy (non-hydrogen) atoms. The van der Waals surface area contributed by atoms with Crippen molar-refractivity contribution in [1.82, 2.24) is 14.6 Å². The van der Waals surface area contributed by atoms with Gasteiger partial charge in [0.05, 0.1) is 11.9 Å². The molecule has 1 aliphatic rings. The number of nitrogens with zero attached hydrogens (tertiary/aromatic N) is 3. The Bertz CT molecular complexity index is 851. The van der Waals surface area contributed by atoms with Crippen molar-refractivity contribution in [3.63, 3.8) is 0 Å². The minimum atomic E-state index is -0.268. The Kier molecular flexibility index (Phi) is 3.90. The van der Waals surface area contributed by atoms with Crippen molar-refractivity contribution in [3.05, 3.63) is 48.4 Å². The number of nitrogens with two attached hydrogens (primary N) is 1. The SMILES string of the molecule is NC1CCC(Nc2ccc3ncc(-c4cccc(F)c4)n3n2)CC1. The van der Waals surface area contributed by atoms with Crippen LogP contribution < -0.4 is 11.1 Å². The molecule has 3 aromatic rings. The number of hydrogen-bond donors (Lipinski definition) is 2. The van der Waals surface area contributed by atoms with Gasteiger partial charge in [0.15, 0.2) is 5.65 Å². The molecule has 1 aliphatic carbocycles. The number of imidazole rings is 1. The molecule has 0 saturated heterocycles. The minimum Gasteiger partial charge on any atom is -0.366 e. The van der Waals surface area contributed by atoms with Gasteiger partial charge in [-0.3, -0.25) is 0 Å². The van der Waals surface area contributed by atoms with Crippen LogP contribution in [0.15, 0.2) is 42.6 Å². The molecule has 0 bridgehead atoms. The van der Waals surface area contributed by atoms with E-state index in [2.05, 4.69) is 15.4 Å². The summed E-state index contributed by atoms with van der Waals surface area (Å²) in [6, 6.07) is 11.1. The Morgan fingerprint density at radius 1 is 1.12 bits per heavy atom. The molecule has 5 nitrogen and oxygen atoms in total. The van der Waals surface area contributed by atoms with Crippen molar-refractivity contribution >= 4 is 11.5 Å². The lowest BCUT2D eigenvalue weighted by molar-refractivity contribution is 0.410. The molecule has 4 rings (SSSR count). The fourth-order valence-corrected chi connectivity index (χ4v) is 3.27. The summed E-state index contributed by atoms with van der Waals surface area (Å²) in [5, 5.41) is 8.13. The van der Waals surface area contributed by atoms with E-state index in [0.717, 1.165) is 48.4 Å². The standard InChI is InChI=1S/C18H20FN5/c19-13-3-1-2-12(10-13)16-11-21-18-9-8-17(23-24(16)18)22-15-6-4-14(20)5-7-15/h1-3,8-11,14-15H,4-7,20H2,(H,22,23). The molecule has 1 fully saturated rings. The first-order chi connectivity index (χ1) is 11.7. The highest BCUT2D eigenvalue weighted by atomic mass is 19.1. The number of aromatic nitrogens is 3. The minimum absolute atomic E-state index is 0.268. The predicted molar refractivity (Wildman–Crippen MR) is 92.2 cm³/mol. The Labute approximate surface area is 139 Å². The number of rotatable bonds is 3. The number of nitrogens with one attached hydrogen (secondary N) is 1. The fourth-order valence-electron chi connectivity index (χ4n) is 3.27. The second kappa shape index (κ2) is 6.20. The third kappa shape index (κ3) is 2.97. The average molecular weight is 325 g/mol. The van der Waals surface area contributed by atoms with E-state index in [4.69, 9.17) is 5.73 Å². The molecule has 2 aromatic heterocycles. The summed E-state index contributed by atoms with van der Waals surface area (Å²) < 4.78 is 15.3. The second-order valence-electron chi connectivity index (χ2n) is 6.40. The van der Waals surface area contributed by atoms with E-state index in [1.54, 1.807) is 16.8 Å². The van der Waals surface area contributed by atoms with Gasteiger partial charge in [-0.1, -0.05) is 12.1 Å². The monoisotopic (exact) mass is 325 g/mol. The molecule has 2 heterocycles. The number of hydrogen-bond acceptors (Lipinski definition) is 4. The average Bonchev–Trinajstić information content (AvgIpc) is 3.00. The molecule has 6 heteroatoms. The van der Waals surface area contributed by atoms with Crippen molar-refractivity contribution < 1.29 is 4.39 Å². The van der Waals surface area contributed by atoms with E-state index in [-0.39, 0.29) is 5.82 Å². The first-order valence-electron chi connectivity index (χ1n) is 8.32. The summed E-state index contributed by atoms with van der Waals surface area (Å²) in [4.78, 5) is 4.36. The molecule has 0 radical (unpaired) electrons. The largest absolute Gasteiger partial charge is 0.366 e. The normalized spacial score (nSPS) is 21.1. The number of fused-ring (bicyclic) bond motifs is 1. The van der Waals surface area contributed by atoms with Crippen LogP contribution in [0.5, 0.6) is 0 Å². The van der Waals surface area contributed by atoms with Crippen LogP contribution in [-0.4, -0.2) is 26.7 Å². The molecular weight excluding hydrogens is 305 g/mol. The van der Waals surface area contributed by atoms with Gasteiger partial charge < -0.3 is 11.1 Å². The Morgan fingerprint density at radius 2 is 1.96 bits per heavy atom. The third-order valence-electron chi connectivity index (χ3n) is 4.61. The molecule has 3 N–H and O–H groups in total. The maximum absolute atomic E-state index is 13.5. The van der Waals surface area contributed by atoms with Crippen LogP contribution in [0.3, 0.4) is 0 Å². The van der Waals surface area contributed by atoms with E-state index >= 15 is 0 Å². The van der Waals surface area contributed by atoms with Gasteiger partial charge in [0.1, 0.15) is 11.6 Å². The maximum Gasteiger partial charge on any atom is 0.154 e. The Hall–Kier alpha value is -2.47. The summed E-state index contributed by atoms with van der Waals surface area (Å²) in [6.07, 6.45) is 5.92. The molecule has 1 aromatic carbocycles. The number of halogens is 1. The van der Waals surface area contributed by atoms with Crippen LogP contribution in [0.4, 0.5) is 10.2 Å². The smallest absolute Gasteiger partial charge is 0.154 e. The van der Waals surface area contributed by atoms with Crippen molar-refractivity contribution in [2.45, 2.75) is 37.8 Å². The van der Waals surface area contributed by atoms with Gasteiger partial charge in [0.25, 0.3) is 0 Å². The fraction of sp³-hybridized carbons (Fsp3) is 0.333. The molecule has 0 atom stereocenters. The van der Waals surface area contributed by atoms with E-state index < -0.39 is 0 Å². The third-order valence-corrected chi connectivity index (χ3v) is 4.61. The highest BCUT2D eigenvalue weighted by Gasteiger charge is 2.19. The molecule has 0 unspecified atom stereocenters. The first-order valence-corrected chi connectivity index (χ1v) is 8.32. The second-order valence-corrected chi connectivity index (χ2v) is 6.40. The molecule has 0 amide bonds. The van der Waals surface area contributed by atoms with Gasteiger partial charge in [0, 0.05) is 17.6 Å². The maximum atomic E-state index is 13.5. The lowest BCUT2D eigenvalue weighted by Crippen LogP contribution is -2.33. The predicted octanol–water partition coefficient (Wildman–Crippen LogP) is 3.22. The lowest BCUT2D eigenvalue weighted by atomic mass is 9.92. The van der Waals surface area contributed by atoms with Gasteiger partial charge in [-0.05, 0) is 49.9 Å². The zero-order valence-electron chi connectivity index (χ0n) is 13.3. The van der Waals surface area contributed by atoms with Crippen LogP contribution in [-0.2, 0) is 0 Å². The quantitative estimate of drug-likeness (QED) is 0.776. The van der Waals surface area contributed by atoms with Crippen LogP contribution in [0.25, 0.3) is 16.9 Å². The summed E-state index contributed by atoms with van der Waals surface area (Å²) in [6.45, 7) is 0. The Morgan fingerprint density at radius 3 is 2.75 bits per heavy atom. The van der Waals surface area contributed by atoms with Gasteiger partial charge >= 0.3 is 0 Å². The van der Waals surface area contributed by atoms with Crippen LogP contribution in [0.2, 0.25) is 0 Å². The van der Waals surface area contributed by atoms with E-state index in [1.165, 1.54) is 12.1 Å². The van der Waals surface area contributed by atoms with E-state index in [1.807, 2.05) is 18.2 Å². The summed E-state index contributed by atoms with van der Waals surface area (Å²) in [5.74, 6) is 0.536.